The molecule has 0 bridgehead atoms. The SMILES string of the molecule is CNC1CC(Oc2ccc(Cl)cc2Br)C1OCCOC. The van der Waals surface area contributed by atoms with Gasteiger partial charge in [0, 0.05) is 24.6 Å². The molecule has 1 N–H and O–H groups in total. The van der Waals surface area contributed by atoms with Gasteiger partial charge in [-0.05, 0) is 41.2 Å². The normalized spacial score (nSPS) is 25.3. The van der Waals surface area contributed by atoms with Crippen molar-refractivity contribution in [1.29, 1.82) is 0 Å². The van der Waals surface area contributed by atoms with E-state index in [1.807, 2.05) is 25.2 Å². The van der Waals surface area contributed by atoms with Gasteiger partial charge in [-0.15, -0.1) is 0 Å². The summed E-state index contributed by atoms with van der Waals surface area (Å²) in [5.74, 6) is 0.786. The largest absolute Gasteiger partial charge is 0.486 e. The Bertz CT molecular complexity index is 446. The molecule has 3 unspecified atom stereocenters. The molecule has 0 heterocycles. The molecular weight excluding hydrogens is 346 g/mol. The molecule has 1 aliphatic carbocycles. The van der Waals surface area contributed by atoms with E-state index in [0.29, 0.717) is 24.3 Å². The Balaban J connectivity index is 1.94. The van der Waals surface area contributed by atoms with E-state index < -0.39 is 0 Å². The van der Waals surface area contributed by atoms with Crippen molar-refractivity contribution < 1.29 is 14.2 Å². The van der Waals surface area contributed by atoms with Gasteiger partial charge in [0.2, 0.25) is 0 Å². The van der Waals surface area contributed by atoms with Gasteiger partial charge in [-0.1, -0.05) is 11.6 Å². The van der Waals surface area contributed by atoms with E-state index in [4.69, 9.17) is 25.8 Å². The molecule has 20 heavy (non-hydrogen) atoms. The monoisotopic (exact) mass is 363 g/mol. The average Bonchev–Trinajstić information content (AvgIpc) is 2.41. The lowest BCUT2D eigenvalue weighted by molar-refractivity contribution is -0.114. The highest BCUT2D eigenvalue weighted by Crippen LogP contribution is 2.34. The van der Waals surface area contributed by atoms with Crippen LogP contribution in [-0.4, -0.2) is 45.6 Å². The minimum absolute atomic E-state index is 0.0396. The number of halogens is 2. The zero-order chi connectivity index (χ0) is 14.5. The van der Waals surface area contributed by atoms with Crippen molar-refractivity contribution >= 4 is 27.5 Å². The molecule has 0 amide bonds. The van der Waals surface area contributed by atoms with Gasteiger partial charge < -0.3 is 19.5 Å². The number of likely N-dealkylation sites (N-methyl/N-ethyl adjacent to an activating group) is 1. The predicted octanol–water partition coefficient (Wildman–Crippen LogP) is 2.87. The van der Waals surface area contributed by atoms with Gasteiger partial charge in [-0.25, -0.2) is 0 Å². The number of nitrogens with one attached hydrogen (secondary N) is 1. The van der Waals surface area contributed by atoms with Crippen LogP contribution in [0.2, 0.25) is 5.02 Å². The summed E-state index contributed by atoms with van der Waals surface area (Å²) in [6.07, 6.45) is 1.00. The summed E-state index contributed by atoms with van der Waals surface area (Å²) in [7, 11) is 3.60. The zero-order valence-electron chi connectivity index (χ0n) is 11.6. The van der Waals surface area contributed by atoms with Crippen molar-refractivity contribution in [2.75, 3.05) is 27.4 Å². The average molecular weight is 365 g/mol. The van der Waals surface area contributed by atoms with Crippen LogP contribution in [0.15, 0.2) is 22.7 Å². The Hall–Kier alpha value is -0.330. The van der Waals surface area contributed by atoms with E-state index in [1.165, 1.54) is 0 Å². The molecule has 6 heteroatoms. The molecule has 112 valence electrons. The Morgan fingerprint density at radius 2 is 2.20 bits per heavy atom. The molecule has 1 saturated carbocycles. The van der Waals surface area contributed by atoms with Gasteiger partial charge in [-0.2, -0.15) is 0 Å². The minimum atomic E-state index is 0.0396. The molecule has 1 aliphatic rings. The molecule has 4 nitrogen and oxygen atoms in total. The number of hydrogen-bond donors (Lipinski definition) is 1. The van der Waals surface area contributed by atoms with Gasteiger partial charge >= 0.3 is 0 Å². The molecule has 1 fully saturated rings. The summed E-state index contributed by atoms with van der Waals surface area (Å²) in [4.78, 5) is 0. The molecule has 1 aromatic rings. The molecular formula is C14H19BrClNO3. The Morgan fingerprint density at radius 1 is 1.40 bits per heavy atom. The van der Waals surface area contributed by atoms with Gasteiger partial charge in [-0.3, -0.25) is 0 Å². The highest BCUT2D eigenvalue weighted by Gasteiger charge is 2.43. The Morgan fingerprint density at radius 3 is 2.85 bits per heavy atom. The first kappa shape index (κ1) is 16.0. The van der Waals surface area contributed by atoms with Crippen LogP contribution in [0.3, 0.4) is 0 Å². The summed E-state index contributed by atoms with van der Waals surface area (Å²) in [6.45, 7) is 1.16. The molecule has 0 saturated heterocycles. The van der Waals surface area contributed by atoms with Crippen molar-refractivity contribution in [3.8, 4) is 5.75 Å². The maximum atomic E-state index is 6.00. The highest BCUT2D eigenvalue weighted by molar-refractivity contribution is 9.10. The second kappa shape index (κ2) is 7.61. The molecule has 2 rings (SSSR count). The first-order chi connectivity index (χ1) is 9.65. The van der Waals surface area contributed by atoms with Crippen molar-refractivity contribution in [3.63, 3.8) is 0 Å². The van der Waals surface area contributed by atoms with Gasteiger partial charge in [0.25, 0.3) is 0 Å². The fourth-order valence-corrected chi connectivity index (χ4v) is 2.98. The van der Waals surface area contributed by atoms with E-state index in [0.717, 1.165) is 16.6 Å². The Kier molecular flexibility index (Phi) is 6.11. The number of hydrogen-bond acceptors (Lipinski definition) is 4. The van der Waals surface area contributed by atoms with Gasteiger partial charge in [0.1, 0.15) is 18.0 Å². The van der Waals surface area contributed by atoms with Crippen molar-refractivity contribution in [1.82, 2.24) is 5.32 Å². The van der Waals surface area contributed by atoms with Gasteiger partial charge in [0.15, 0.2) is 0 Å². The summed E-state index contributed by atoms with van der Waals surface area (Å²) < 4.78 is 17.7. The van der Waals surface area contributed by atoms with Crippen LogP contribution in [0.25, 0.3) is 0 Å². The summed E-state index contributed by atoms with van der Waals surface area (Å²) in [5.41, 5.74) is 0. The fraction of sp³-hybridized carbons (Fsp3) is 0.571. The van der Waals surface area contributed by atoms with Crippen LogP contribution >= 0.6 is 27.5 Å². The molecule has 0 aliphatic heterocycles. The number of benzene rings is 1. The van der Waals surface area contributed by atoms with Crippen LogP contribution < -0.4 is 10.1 Å². The van der Waals surface area contributed by atoms with Crippen molar-refractivity contribution in [2.45, 2.75) is 24.7 Å². The topological polar surface area (TPSA) is 39.7 Å². The molecule has 3 atom stereocenters. The maximum Gasteiger partial charge on any atom is 0.134 e. The molecule has 0 radical (unpaired) electrons. The third-order valence-corrected chi connectivity index (χ3v) is 4.24. The third-order valence-electron chi connectivity index (χ3n) is 3.39. The second-order valence-corrected chi connectivity index (χ2v) is 5.98. The lowest BCUT2D eigenvalue weighted by Crippen LogP contribution is -2.60. The predicted molar refractivity (Wildman–Crippen MR) is 82.6 cm³/mol. The highest BCUT2D eigenvalue weighted by atomic mass is 79.9. The standard InChI is InChI=1S/C14H19BrClNO3/c1-17-11-8-13(14(11)19-6-5-18-2)20-12-4-3-9(16)7-10(12)15/h3-4,7,11,13-14,17H,5-6,8H2,1-2H3. The molecule has 0 aromatic heterocycles. The van der Waals surface area contributed by atoms with Crippen molar-refractivity contribution in [3.05, 3.63) is 27.7 Å². The molecule has 1 aromatic carbocycles. The van der Waals surface area contributed by atoms with Gasteiger partial charge in [0.05, 0.1) is 17.7 Å². The summed E-state index contributed by atoms with van der Waals surface area (Å²) in [5, 5.41) is 3.92. The van der Waals surface area contributed by atoms with E-state index in [1.54, 1.807) is 7.11 Å². The van der Waals surface area contributed by atoms with Crippen LogP contribution in [-0.2, 0) is 9.47 Å². The zero-order valence-corrected chi connectivity index (χ0v) is 13.9. The first-order valence-corrected chi connectivity index (χ1v) is 7.72. The lowest BCUT2D eigenvalue weighted by atomic mass is 9.85. The Labute approximate surface area is 132 Å². The third kappa shape index (κ3) is 3.86. The quantitative estimate of drug-likeness (QED) is 0.755. The van der Waals surface area contributed by atoms with Crippen LogP contribution in [0.5, 0.6) is 5.75 Å². The van der Waals surface area contributed by atoms with E-state index in [-0.39, 0.29) is 12.2 Å². The van der Waals surface area contributed by atoms with E-state index >= 15 is 0 Å². The smallest absolute Gasteiger partial charge is 0.134 e. The van der Waals surface area contributed by atoms with Crippen LogP contribution in [0, 0.1) is 0 Å². The summed E-state index contributed by atoms with van der Waals surface area (Å²) in [6, 6.07) is 5.83. The fourth-order valence-electron chi connectivity index (χ4n) is 2.20. The number of rotatable bonds is 7. The maximum absolute atomic E-state index is 6.00. The number of methoxy groups -OCH3 is 1. The number of ether oxygens (including phenoxy) is 3. The minimum Gasteiger partial charge on any atom is -0.486 e. The van der Waals surface area contributed by atoms with E-state index in [9.17, 15) is 0 Å². The molecule has 0 spiro atoms. The van der Waals surface area contributed by atoms with E-state index in [2.05, 4.69) is 21.2 Å². The second-order valence-electron chi connectivity index (χ2n) is 4.69. The summed E-state index contributed by atoms with van der Waals surface area (Å²) >= 11 is 9.38. The lowest BCUT2D eigenvalue weighted by Gasteiger charge is -2.43. The van der Waals surface area contributed by atoms with Crippen LogP contribution in [0.4, 0.5) is 0 Å². The van der Waals surface area contributed by atoms with Crippen molar-refractivity contribution in [2.24, 2.45) is 0 Å². The first-order valence-electron chi connectivity index (χ1n) is 6.55. The van der Waals surface area contributed by atoms with Crippen LogP contribution in [0.1, 0.15) is 6.42 Å².